The van der Waals surface area contributed by atoms with Crippen molar-refractivity contribution in [3.8, 4) is 0 Å². The summed E-state index contributed by atoms with van der Waals surface area (Å²) >= 11 is 0. The monoisotopic (exact) mass is 295 g/mol. The van der Waals surface area contributed by atoms with E-state index in [9.17, 15) is 4.79 Å². The van der Waals surface area contributed by atoms with Crippen LogP contribution in [0.3, 0.4) is 0 Å². The first kappa shape index (κ1) is 16.8. The maximum absolute atomic E-state index is 12.1. The van der Waals surface area contributed by atoms with Gasteiger partial charge in [0.05, 0.1) is 0 Å². The van der Waals surface area contributed by atoms with Crippen LogP contribution in [0.2, 0.25) is 0 Å². The van der Waals surface area contributed by atoms with E-state index in [-0.39, 0.29) is 5.91 Å². The van der Waals surface area contributed by atoms with Gasteiger partial charge in [0.1, 0.15) is 5.54 Å². The molecule has 0 saturated heterocycles. The fraction of sp³-hybridized carbons (Fsp3) is 0.941. The van der Waals surface area contributed by atoms with Gasteiger partial charge in [0.15, 0.2) is 0 Å². The smallest absolute Gasteiger partial charge is 0.238 e. The number of nitrogens with two attached hydrogens (primary N) is 1. The molecule has 0 bridgehead atoms. The normalized spacial score (nSPS) is 29.5. The Bertz CT molecular complexity index is 354. The SMILES string of the molecule is CC(C)CCN(C)CCC1CCCC1(NC1CC1)C(N)=O. The van der Waals surface area contributed by atoms with Crippen molar-refractivity contribution in [2.45, 2.75) is 70.4 Å². The second-order valence-electron chi connectivity index (χ2n) is 7.62. The molecule has 1 amide bonds. The van der Waals surface area contributed by atoms with Gasteiger partial charge in [-0.15, -0.1) is 0 Å². The topological polar surface area (TPSA) is 58.4 Å². The molecule has 0 radical (unpaired) electrons. The zero-order valence-electron chi connectivity index (χ0n) is 14.0. The van der Waals surface area contributed by atoms with Crippen molar-refractivity contribution < 1.29 is 4.79 Å². The third kappa shape index (κ3) is 4.43. The van der Waals surface area contributed by atoms with Crippen LogP contribution in [0.15, 0.2) is 0 Å². The second kappa shape index (κ2) is 7.10. The zero-order valence-corrected chi connectivity index (χ0v) is 14.0. The van der Waals surface area contributed by atoms with Crippen molar-refractivity contribution in [3.05, 3.63) is 0 Å². The summed E-state index contributed by atoms with van der Waals surface area (Å²) in [5, 5.41) is 3.60. The number of amides is 1. The summed E-state index contributed by atoms with van der Waals surface area (Å²) in [6.07, 6.45) is 7.93. The minimum absolute atomic E-state index is 0.123. The van der Waals surface area contributed by atoms with E-state index in [0.717, 1.165) is 44.7 Å². The van der Waals surface area contributed by atoms with E-state index < -0.39 is 5.54 Å². The molecule has 4 nitrogen and oxygen atoms in total. The van der Waals surface area contributed by atoms with Gasteiger partial charge >= 0.3 is 0 Å². The van der Waals surface area contributed by atoms with Crippen molar-refractivity contribution in [1.82, 2.24) is 10.2 Å². The summed E-state index contributed by atoms with van der Waals surface area (Å²) in [5.41, 5.74) is 5.37. The number of carbonyl (C=O) groups excluding carboxylic acids is 1. The Morgan fingerprint density at radius 3 is 2.62 bits per heavy atom. The molecule has 0 aliphatic heterocycles. The summed E-state index contributed by atoms with van der Waals surface area (Å²) in [5.74, 6) is 1.04. The van der Waals surface area contributed by atoms with E-state index in [4.69, 9.17) is 5.73 Å². The van der Waals surface area contributed by atoms with Crippen molar-refractivity contribution >= 4 is 5.91 Å². The highest BCUT2D eigenvalue weighted by molar-refractivity contribution is 5.85. The first-order chi connectivity index (χ1) is 9.94. The molecule has 2 rings (SSSR count). The maximum Gasteiger partial charge on any atom is 0.238 e. The standard InChI is InChI=1S/C17H33N3O/c1-13(2)8-11-20(3)12-9-14-5-4-10-17(14,16(18)21)19-15-6-7-15/h13-15,19H,4-12H2,1-3H3,(H2,18,21). The fourth-order valence-corrected chi connectivity index (χ4v) is 3.61. The molecule has 2 atom stereocenters. The van der Waals surface area contributed by atoms with Crippen molar-refractivity contribution in [2.75, 3.05) is 20.1 Å². The van der Waals surface area contributed by atoms with Crippen LogP contribution in [0, 0.1) is 11.8 Å². The predicted molar refractivity (Wildman–Crippen MR) is 87.0 cm³/mol. The van der Waals surface area contributed by atoms with Crippen LogP contribution in [0.25, 0.3) is 0 Å². The summed E-state index contributed by atoms with van der Waals surface area (Å²) < 4.78 is 0. The van der Waals surface area contributed by atoms with E-state index in [1.807, 2.05) is 0 Å². The molecule has 4 heteroatoms. The van der Waals surface area contributed by atoms with E-state index in [0.29, 0.717) is 12.0 Å². The Hall–Kier alpha value is -0.610. The lowest BCUT2D eigenvalue weighted by Gasteiger charge is -2.35. The average molecular weight is 295 g/mol. The molecule has 2 fully saturated rings. The van der Waals surface area contributed by atoms with Crippen LogP contribution in [-0.2, 0) is 4.79 Å². The maximum atomic E-state index is 12.1. The van der Waals surface area contributed by atoms with Crippen LogP contribution in [0.1, 0.15) is 58.8 Å². The third-order valence-electron chi connectivity index (χ3n) is 5.25. The molecule has 2 aliphatic rings. The first-order valence-electron chi connectivity index (χ1n) is 8.70. The highest BCUT2D eigenvalue weighted by Crippen LogP contribution is 2.40. The Kier molecular flexibility index (Phi) is 5.67. The summed E-state index contributed by atoms with van der Waals surface area (Å²) in [4.78, 5) is 14.5. The van der Waals surface area contributed by atoms with Crippen molar-refractivity contribution in [3.63, 3.8) is 0 Å². The zero-order chi connectivity index (χ0) is 15.5. The Balaban J connectivity index is 1.86. The minimum atomic E-state index is -0.417. The molecule has 0 aromatic carbocycles. The summed E-state index contributed by atoms with van der Waals surface area (Å²) in [7, 11) is 2.19. The predicted octanol–water partition coefficient (Wildman–Crippen LogP) is 2.13. The molecule has 21 heavy (non-hydrogen) atoms. The molecule has 0 aromatic heterocycles. The number of nitrogens with one attached hydrogen (secondary N) is 1. The van der Waals surface area contributed by atoms with E-state index in [1.165, 1.54) is 19.3 Å². The summed E-state index contributed by atoms with van der Waals surface area (Å²) in [6.45, 7) is 6.74. The molecule has 2 aliphatic carbocycles. The molecule has 0 spiro atoms. The first-order valence-corrected chi connectivity index (χ1v) is 8.70. The van der Waals surface area contributed by atoms with Gasteiger partial charge in [0.2, 0.25) is 5.91 Å². The largest absolute Gasteiger partial charge is 0.368 e. The van der Waals surface area contributed by atoms with Gasteiger partial charge in [-0.05, 0) is 70.5 Å². The molecule has 3 N–H and O–H groups in total. The number of carbonyl (C=O) groups is 1. The number of primary amides is 1. The quantitative estimate of drug-likeness (QED) is 0.685. The highest BCUT2D eigenvalue weighted by atomic mass is 16.1. The lowest BCUT2D eigenvalue weighted by atomic mass is 9.83. The third-order valence-corrected chi connectivity index (χ3v) is 5.25. The second-order valence-corrected chi connectivity index (χ2v) is 7.62. The van der Waals surface area contributed by atoms with Crippen LogP contribution in [0.4, 0.5) is 0 Å². The lowest BCUT2D eigenvalue weighted by molar-refractivity contribution is -0.126. The molecule has 2 unspecified atom stereocenters. The number of rotatable bonds is 9. The Morgan fingerprint density at radius 2 is 2.05 bits per heavy atom. The van der Waals surface area contributed by atoms with E-state index in [2.05, 4.69) is 31.1 Å². The van der Waals surface area contributed by atoms with Gasteiger partial charge in [0, 0.05) is 6.04 Å². The Labute approximate surface area is 129 Å². The van der Waals surface area contributed by atoms with E-state index in [1.54, 1.807) is 0 Å². The minimum Gasteiger partial charge on any atom is -0.368 e. The number of hydrogen-bond donors (Lipinski definition) is 2. The molecular weight excluding hydrogens is 262 g/mol. The molecular formula is C17H33N3O. The molecule has 0 aromatic rings. The van der Waals surface area contributed by atoms with Gasteiger partial charge in [-0.3, -0.25) is 4.79 Å². The molecule has 122 valence electrons. The van der Waals surface area contributed by atoms with Gasteiger partial charge in [-0.25, -0.2) is 0 Å². The van der Waals surface area contributed by atoms with Crippen LogP contribution in [0.5, 0.6) is 0 Å². The average Bonchev–Trinajstić information content (AvgIpc) is 3.13. The van der Waals surface area contributed by atoms with Gasteiger partial charge < -0.3 is 16.0 Å². The molecule has 2 saturated carbocycles. The molecule has 0 heterocycles. The van der Waals surface area contributed by atoms with Crippen LogP contribution in [-0.4, -0.2) is 42.5 Å². The van der Waals surface area contributed by atoms with Crippen LogP contribution >= 0.6 is 0 Å². The van der Waals surface area contributed by atoms with Crippen LogP contribution < -0.4 is 11.1 Å². The lowest BCUT2D eigenvalue weighted by Crippen LogP contribution is -2.59. The van der Waals surface area contributed by atoms with E-state index >= 15 is 0 Å². The van der Waals surface area contributed by atoms with Crippen molar-refractivity contribution in [2.24, 2.45) is 17.6 Å². The highest BCUT2D eigenvalue weighted by Gasteiger charge is 2.49. The number of hydrogen-bond acceptors (Lipinski definition) is 3. The number of nitrogens with zero attached hydrogens (tertiary/aromatic N) is 1. The van der Waals surface area contributed by atoms with Gasteiger partial charge in [-0.2, -0.15) is 0 Å². The fourth-order valence-electron chi connectivity index (χ4n) is 3.61. The summed E-state index contributed by atoms with van der Waals surface area (Å²) in [6, 6.07) is 0.539. The van der Waals surface area contributed by atoms with Gasteiger partial charge in [0.25, 0.3) is 0 Å². The Morgan fingerprint density at radius 1 is 1.33 bits per heavy atom. The van der Waals surface area contributed by atoms with Crippen molar-refractivity contribution in [1.29, 1.82) is 0 Å². The van der Waals surface area contributed by atoms with Gasteiger partial charge in [-0.1, -0.05) is 20.3 Å².